The summed E-state index contributed by atoms with van der Waals surface area (Å²) >= 11 is 0. The summed E-state index contributed by atoms with van der Waals surface area (Å²) in [6, 6.07) is 20.5. The molecule has 1 fully saturated rings. The molecule has 0 aromatic heterocycles. The van der Waals surface area contributed by atoms with Gasteiger partial charge in [0.15, 0.2) is 0 Å². The van der Waals surface area contributed by atoms with Crippen molar-refractivity contribution in [2.45, 2.75) is 4.90 Å². The number of benzene rings is 3. The van der Waals surface area contributed by atoms with Crippen LogP contribution in [0.1, 0.15) is 10.4 Å². The molecular weight excluding hydrogens is 444 g/mol. The van der Waals surface area contributed by atoms with E-state index >= 15 is 0 Å². The molecule has 1 N–H and O–H groups in total. The number of ether oxygens (including phenoxy) is 3. The Hall–Kier alpha value is -3.40. The molecule has 3 aromatic carbocycles. The Morgan fingerprint density at radius 2 is 1.64 bits per heavy atom. The number of methoxy groups -OCH3 is 1. The first-order valence-electron chi connectivity index (χ1n) is 10.4. The van der Waals surface area contributed by atoms with Gasteiger partial charge in [0.25, 0.3) is 5.91 Å². The van der Waals surface area contributed by atoms with E-state index in [9.17, 15) is 13.2 Å². The van der Waals surface area contributed by atoms with E-state index in [1.807, 2.05) is 18.2 Å². The smallest absolute Gasteiger partial charge is 0.259 e. The summed E-state index contributed by atoms with van der Waals surface area (Å²) in [5.41, 5.74) is 0.636. The molecule has 0 saturated carbocycles. The highest BCUT2D eigenvalue weighted by Crippen LogP contribution is 2.31. The van der Waals surface area contributed by atoms with Gasteiger partial charge in [-0.3, -0.25) is 4.79 Å². The molecule has 1 heterocycles. The fourth-order valence-corrected chi connectivity index (χ4v) is 5.03. The van der Waals surface area contributed by atoms with Gasteiger partial charge in [0.05, 0.1) is 25.9 Å². The quantitative estimate of drug-likeness (QED) is 0.568. The Kier molecular flexibility index (Phi) is 6.93. The molecule has 172 valence electrons. The van der Waals surface area contributed by atoms with Gasteiger partial charge >= 0.3 is 0 Å². The molecule has 1 aliphatic heterocycles. The minimum atomic E-state index is -3.82. The van der Waals surface area contributed by atoms with Gasteiger partial charge in [-0.2, -0.15) is 4.31 Å². The number of rotatable bonds is 7. The second-order valence-corrected chi connectivity index (χ2v) is 9.15. The zero-order valence-electron chi connectivity index (χ0n) is 18.1. The average Bonchev–Trinajstić information content (AvgIpc) is 2.85. The summed E-state index contributed by atoms with van der Waals surface area (Å²) < 4.78 is 44.1. The van der Waals surface area contributed by atoms with Crippen LogP contribution in [0.5, 0.6) is 17.2 Å². The lowest BCUT2D eigenvalue weighted by Crippen LogP contribution is -2.40. The van der Waals surface area contributed by atoms with Crippen LogP contribution in [0.3, 0.4) is 0 Å². The van der Waals surface area contributed by atoms with E-state index in [0.717, 1.165) is 0 Å². The first-order valence-corrected chi connectivity index (χ1v) is 11.8. The van der Waals surface area contributed by atoms with E-state index in [1.54, 1.807) is 42.5 Å². The third-order valence-electron chi connectivity index (χ3n) is 5.11. The van der Waals surface area contributed by atoms with Gasteiger partial charge in [0.1, 0.15) is 22.1 Å². The first kappa shape index (κ1) is 22.8. The maximum absolute atomic E-state index is 13.2. The fraction of sp³-hybridized carbons (Fsp3) is 0.208. The summed E-state index contributed by atoms with van der Waals surface area (Å²) in [5.74, 6) is 0.755. The van der Waals surface area contributed by atoms with Crippen LogP contribution in [0.15, 0.2) is 77.7 Å². The predicted molar refractivity (Wildman–Crippen MR) is 123 cm³/mol. The number of carbonyl (C=O) groups excluding carboxylic acids is 1. The van der Waals surface area contributed by atoms with E-state index in [-0.39, 0.29) is 23.7 Å². The minimum Gasteiger partial charge on any atom is -0.495 e. The van der Waals surface area contributed by atoms with Crippen LogP contribution in [0.25, 0.3) is 0 Å². The SMILES string of the molecule is COc1ccc(NC(=O)c2ccccc2Oc2ccccc2)cc1S(=O)(=O)N1CCOCC1. The molecule has 33 heavy (non-hydrogen) atoms. The number of sulfonamides is 1. The van der Waals surface area contributed by atoms with Crippen molar-refractivity contribution >= 4 is 21.6 Å². The number of nitrogens with one attached hydrogen (secondary N) is 1. The van der Waals surface area contributed by atoms with E-state index < -0.39 is 15.9 Å². The number of para-hydroxylation sites is 2. The molecule has 8 nitrogen and oxygen atoms in total. The molecule has 0 bridgehead atoms. The summed E-state index contributed by atoms with van der Waals surface area (Å²) in [6.07, 6.45) is 0. The number of amides is 1. The van der Waals surface area contributed by atoms with Crippen LogP contribution < -0.4 is 14.8 Å². The number of hydrogen-bond acceptors (Lipinski definition) is 6. The average molecular weight is 469 g/mol. The van der Waals surface area contributed by atoms with Crippen LogP contribution in [0.2, 0.25) is 0 Å². The Balaban J connectivity index is 1.60. The Labute approximate surface area is 192 Å². The Morgan fingerprint density at radius 3 is 2.36 bits per heavy atom. The molecule has 0 spiro atoms. The summed E-state index contributed by atoms with van der Waals surface area (Å²) in [5, 5.41) is 2.77. The molecule has 1 saturated heterocycles. The molecule has 9 heteroatoms. The van der Waals surface area contributed by atoms with Crippen molar-refractivity contribution in [3.8, 4) is 17.2 Å². The van der Waals surface area contributed by atoms with Crippen molar-refractivity contribution in [1.29, 1.82) is 0 Å². The lowest BCUT2D eigenvalue weighted by atomic mass is 10.1. The maximum Gasteiger partial charge on any atom is 0.259 e. The highest BCUT2D eigenvalue weighted by Gasteiger charge is 2.29. The maximum atomic E-state index is 13.2. The van der Waals surface area contributed by atoms with Crippen molar-refractivity contribution in [3.63, 3.8) is 0 Å². The second kappa shape index (κ2) is 10.0. The highest BCUT2D eigenvalue weighted by molar-refractivity contribution is 7.89. The zero-order chi connectivity index (χ0) is 23.3. The normalized spacial score (nSPS) is 14.5. The molecular formula is C24H24N2O6S. The van der Waals surface area contributed by atoms with Crippen molar-refractivity contribution in [1.82, 2.24) is 4.31 Å². The summed E-state index contributed by atoms with van der Waals surface area (Å²) in [7, 11) is -2.42. The van der Waals surface area contributed by atoms with Crippen molar-refractivity contribution in [2.75, 3.05) is 38.7 Å². The molecule has 4 rings (SSSR count). The molecule has 1 amide bonds. The van der Waals surface area contributed by atoms with Crippen molar-refractivity contribution in [2.24, 2.45) is 0 Å². The second-order valence-electron chi connectivity index (χ2n) is 7.25. The monoisotopic (exact) mass is 468 g/mol. The standard InChI is InChI=1S/C24H24N2O6S/c1-30-22-12-11-18(17-23(22)33(28,29)26-13-15-31-16-14-26)25-24(27)20-9-5-6-10-21(20)32-19-7-3-2-4-8-19/h2-12,17H,13-16H2,1H3,(H,25,27). The van der Waals surface area contributed by atoms with Gasteiger partial charge in [-0.05, 0) is 42.5 Å². The topological polar surface area (TPSA) is 94.2 Å². The fourth-order valence-electron chi connectivity index (χ4n) is 3.44. The van der Waals surface area contributed by atoms with Crippen molar-refractivity contribution in [3.05, 3.63) is 78.4 Å². The highest BCUT2D eigenvalue weighted by atomic mass is 32.2. The van der Waals surface area contributed by atoms with Crippen LogP contribution in [-0.2, 0) is 14.8 Å². The number of carbonyl (C=O) groups is 1. The Morgan fingerprint density at radius 1 is 0.939 bits per heavy atom. The molecule has 0 radical (unpaired) electrons. The Bertz CT molecular complexity index is 1220. The molecule has 0 aliphatic carbocycles. The zero-order valence-corrected chi connectivity index (χ0v) is 18.9. The molecule has 0 unspecified atom stereocenters. The predicted octanol–water partition coefficient (Wildman–Crippen LogP) is 3.76. The number of nitrogens with zero attached hydrogens (tertiary/aromatic N) is 1. The van der Waals surface area contributed by atoms with Gasteiger partial charge in [-0.25, -0.2) is 8.42 Å². The lowest BCUT2D eigenvalue weighted by molar-refractivity contribution is 0.0729. The summed E-state index contributed by atoms with van der Waals surface area (Å²) in [6.45, 7) is 1.17. The third-order valence-corrected chi connectivity index (χ3v) is 7.03. The largest absolute Gasteiger partial charge is 0.495 e. The van der Waals surface area contributed by atoms with Gasteiger partial charge in [0.2, 0.25) is 10.0 Å². The third kappa shape index (κ3) is 5.16. The number of morpholine rings is 1. The van der Waals surface area contributed by atoms with E-state index in [2.05, 4.69) is 5.32 Å². The first-order chi connectivity index (χ1) is 16.0. The van der Waals surface area contributed by atoms with E-state index in [4.69, 9.17) is 14.2 Å². The molecule has 1 aliphatic rings. The van der Waals surface area contributed by atoms with Gasteiger partial charge < -0.3 is 19.5 Å². The van der Waals surface area contributed by atoms with Gasteiger partial charge in [-0.1, -0.05) is 30.3 Å². The number of anilines is 1. The summed E-state index contributed by atoms with van der Waals surface area (Å²) in [4.78, 5) is 13.0. The minimum absolute atomic E-state index is 0.0153. The van der Waals surface area contributed by atoms with Crippen LogP contribution in [-0.4, -0.2) is 52.0 Å². The van der Waals surface area contributed by atoms with Crippen molar-refractivity contribution < 1.29 is 27.4 Å². The van der Waals surface area contributed by atoms with Crippen LogP contribution >= 0.6 is 0 Å². The van der Waals surface area contributed by atoms with Crippen LogP contribution in [0, 0.1) is 0 Å². The van der Waals surface area contributed by atoms with Gasteiger partial charge in [-0.15, -0.1) is 0 Å². The lowest BCUT2D eigenvalue weighted by Gasteiger charge is -2.26. The van der Waals surface area contributed by atoms with E-state index in [0.29, 0.717) is 36.0 Å². The van der Waals surface area contributed by atoms with E-state index in [1.165, 1.54) is 23.5 Å². The van der Waals surface area contributed by atoms with Crippen LogP contribution in [0.4, 0.5) is 5.69 Å². The molecule has 3 aromatic rings. The number of hydrogen-bond donors (Lipinski definition) is 1. The molecule has 0 atom stereocenters. The van der Waals surface area contributed by atoms with Gasteiger partial charge in [0, 0.05) is 18.8 Å².